The van der Waals surface area contributed by atoms with Gasteiger partial charge in [-0.1, -0.05) is 0 Å². The second-order valence-corrected chi connectivity index (χ2v) is 2.60. The van der Waals surface area contributed by atoms with Crippen LogP contribution in [0.15, 0.2) is 18.2 Å². The fraction of sp³-hybridized carbons (Fsp3) is 0. The van der Waals surface area contributed by atoms with Crippen molar-refractivity contribution in [2.24, 2.45) is 5.73 Å². The smallest absolute Gasteiger partial charge is 0.168 e. The van der Waals surface area contributed by atoms with Gasteiger partial charge in [0.2, 0.25) is 0 Å². The molecule has 1 rings (SSSR count). The number of nitrogens with one attached hydrogen (secondary N) is 1. The first-order chi connectivity index (χ1) is 5.59. The second kappa shape index (κ2) is 3.36. The topological polar surface area (TPSA) is 58.3 Å². The highest BCUT2D eigenvalue weighted by atomic mass is 32.1. The zero-order chi connectivity index (χ0) is 9.14. The molecule has 0 heterocycles. The first-order valence-corrected chi connectivity index (χ1v) is 3.55. The van der Waals surface area contributed by atoms with E-state index in [2.05, 4.69) is 17.5 Å². The number of thiocarbonyl (C=S) groups is 1. The molecule has 64 valence electrons. The molecule has 1 aromatic rings. The van der Waals surface area contributed by atoms with Gasteiger partial charge in [0.05, 0.1) is 0 Å². The Bertz CT molecular complexity index is 316. The third-order valence-electron chi connectivity index (χ3n) is 1.21. The summed E-state index contributed by atoms with van der Waals surface area (Å²) in [5.41, 5.74) is 5.62. The average Bonchev–Trinajstić information content (AvgIpc) is 1.96. The van der Waals surface area contributed by atoms with Crippen LogP contribution in [0.1, 0.15) is 0 Å². The number of benzene rings is 1. The minimum atomic E-state index is -0.677. The van der Waals surface area contributed by atoms with Crippen LogP contribution in [-0.2, 0) is 0 Å². The standard InChI is InChI=1S/C7H7FN2OS/c8-5-2-1-4(3-6(5)11)10-7(9)12/h1-3,11H,(H3,9,10,12). The molecule has 0 unspecified atom stereocenters. The van der Waals surface area contributed by atoms with E-state index < -0.39 is 11.6 Å². The molecule has 12 heavy (non-hydrogen) atoms. The van der Waals surface area contributed by atoms with Crippen LogP contribution in [0.3, 0.4) is 0 Å². The number of aromatic hydroxyl groups is 1. The van der Waals surface area contributed by atoms with E-state index in [1.807, 2.05) is 0 Å². The van der Waals surface area contributed by atoms with Gasteiger partial charge in [0, 0.05) is 11.8 Å². The summed E-state index contributed by atoms with van der Waals surface area (Å²) in [4.78, 5) is 0. The van der Waals surface area contributed by atoms with Crippen LogP contribution < -0.4 is 11.1 Å². The van der Waals surface area contributed by atoms with Crippen molar-refractivity contribution >= 4 is 23.0 Å². The van der Waals surface area contributed by atoms with Gasteiger partial charge >= 0.3 is 0 Å². The van der Waals surface area contributed by atoms with E-state index in [-0.39, 0.29) is 5.11 Å². The molecule has 0 aromatic heterocycles. The lowest BCUT2D eigenvalue weighted by atomic mass is 10.3. The summed E-state index contributed by atoms with van der Waals surface area (Å²) >= 11 is 4.54. The molecule has 5 heteroatoms. The molecule has 0 amide bonds. The molecule has 0 atom stereocenters. The molecule has 0 saturated heterocycles. The van der Waals surface area contributed by atoms with Crippen LogP contribution in [0.5, 0.6) is 5.75 Å². The Morgan fingerprint density at radius 3 is 2.75 bits per heavy atom. The monoisotopic (exact) mass is 186 g/mol. The molecule has 0 aliphatic rings. The van der Waals surface area contributed by atoms with Crippen molar-refractivity contribution in [3.63, 3.8) is 0 Å². The molecule has 0 aliphatic heterocycles. The Labute approximate surface area is 74.0 Å². The predicted octanol–water partition coefficient (Wildman–Crippen LogP) is 1.19. The number of halogens is 1. The number of hydrogen-bond donors (Lipinski definition) is 3. The molecular formula is C7H7FN2OS. The molecule has 4 N–H and O–H groups in total. The van der Waals surface area contributed by atoms with Crippen molar-refractivity contribution < 1.29 is 9.50 Å². The summed E-state index contributed by atoms with van der Waals surface area (Å²) in [5.74, 6) is -1.11. The fourth-order valence-electron chi connectivity index (χ4n) is 0.733. The van der Waals surface area contributed by atoms with Crippen molar-refractivity contribution in [2.45, 2.75) is 0 Å². The Morgan fingerprint density at radius 2 is 2.25 bits per heavy atom. The molecule has 0 spiro atoms. The molecule has 1 aromatic carbocycles. The molecule has 0 fully saturated rings. The maximum atomic E-state index is 12.5. The van der Waals surface area contributed by atoms with E-state index in [9.17, 15) is 4.39 Å². The van der Waals surface area contributed by atoms with Crippen molar-refractivity contribution in [2.75, 3.05) is 5.32 Å². The largest absolute Gasteiger partial charge is 0.505 e. The fourth-order valence-corrected chi connectivity index (χ4v) is 0.851. The Balaban J connectivity index is 2.89. The van der Waals surface area contributed by atoms with E-state index in [1.165, 1.54) is 12.1 Å². The number of rotatable bonds is 1. The zero-order valence-corrected chi connectivity index (χ0v) is 6.86. The third-order valence-corrected chi connectivity index (χ3v) is 1.32. The maximum absolute atomic E-state index is 12.5. The highest BCUT2D eigenvalue weighted by molar-refractivity contribution is 7.80. The van der Waals surface area contributed by atoms with Crippen LogP contribution >= 0.6 is 12.2 Å². The van der Waals surface area contributed by atoms with Gasteiger partial charge in [0.15, 0.2) is 16.7 Å². The van der Waals surface area contributed by atoms with Crippen LogP contribution in [-0.4, -0.2) is 10.2 Å². The molecular weight excluding hydrogens is 179 g/mol. The SMILES string of the molecule is NC(=S)Nc1ccc(F)c(O)c1. The van der Waals surface area contributed by atoms with Crippen LogP contribution in [0.4, 0.5) is 10.1 Å². The Morgan fingerprint density at radius 1 is 1.58 bits per heavy atom. The first-order valence-electron chi connectivity index (χ1n) is 3.14. The van der Waals surface area contributed by atoms with Gasteiger partial charge in [-0.25, -0.2) is 4.39 Å². The lowest BCUT2D eigenvalue weighted by molar-refractivity contribution is 0.433. The highest BCUT2D eigenvalue weighted by Crippen LogP contribution is 2.19. The normalized spacial score (nSPS) is 9.42. The summed E-state index contributed by atoms with van der Waals surface area (Å²) in [6.07, 6.45) is 0. The Kier molecular flexibility index (Phi) is 2.44. The summed E-state index contributed by atoms with van der Waals surface area (Å²) in [5, 5.41) is 11.5. The minimum Gasteiger partial charge on any atom is -0.505 e. The van der Waals surface area contributed by atoms with Crippen LogP contribution in [0, 0.1) is 5.82 Å². The van der Waals surface area contributed by atoms with Gasteiger partial charge in [0.25, 0.3) is 0 Å². The van der Waals surface area contributed by atoms with E-state index in [0.29, 0.717) is 5.69 Å². The minimum absolute atomic E-state index is 0.0704. The van der Waals surface area contributed by atoms with Crippen LogP contribution in [0.25, 0.3) is 0 Å². The van der Waals surface area contributed by atoms with Gasteiger partial charge in [-0.15, -0.1) is 0 Å². The maximum Gasteiger partial charge on any atom is 0.168 e. The number of hydrogen-bond acceptors (Lipinski definition) is 2. The van der Waals surface area contributed by atoms with E-state index >= 15 is 0 Å². The van der Waals surface area contributed by atoms with Gasteiger partial charge in [-0.3, -0.25) is 0 Å². The molecule has 0 aliphatic carbocycles. The lowest BCUT2D eigenvalue weighted by Gasteiger charge is -2.03. The molecule has 0 bridgehead atoms. The van der Waals surface area contributed by atoms with Gasteiger partial charge < -0.3 is 16.2 Å². The van der Waals surface area contributed by atoms with E-state index in [4.69, 9.17) is 10.8 Å². The quantitative estimate of drug-likeness (QED) is 0.576. The summed E-state index contributed by atoms with van der Waals surface area (Å²) in [6.45, 7) is 0. The van der Waals surface area contributed by atoms with Crippen LogP contribution in [0.2, 0.25) is 0 Å². The number of phenolic OH excluding ortho intramolecular Hbond substituents is 1. The molecule has 0 saturated carbocycles. The number of anilines is 1. The third kappa shape index (κ3) is 2.06. The summed E-state index contributed by atoms with van der Waals surface area (Å²) in [7, 11) is 0. The van der Waals surface area contributed by atoms with Crippen molar-refractivity contribution in [3.8, 4) is 5.75 Å². The van der Waals surface area contributed by atoms with E-state index in [1.54, 1.807) is 0 Å². The Hall–Kier alpha value is -1.36. The average molecular weight is 186 g/mol. The van der Waals surface area contributed by atoms with Gasteiger partial charge in [-0.2, -0.15) is 0 Å². The zero-order valence-electron chi connectivity index (χ0n) is 6.04. The summed E-state index contributed by atoms with van der Waals surface area (Å²) in [6, 6.07) is 3.75. The predicted molar refractivity (Wildman–Crippen MR) is 48.5 cm³/mol. The van der Waals surface area contributed by atoms with Crippen molar-refractivity contribution in [1.82, 2.24) is 0 Å². The highest BCUT2D eigenvalue weighted by Gasteiger charge is 2.00. The van der Waals surface area contributed by atoms with E-state index in [0.717, 1.165) is 6.07 Å². The lowest BCUT2D eigenvalue weighted by Crippen LogP contribution is -2.18. The second-order valence-electron chi connectivity index (χ2n) is 2.16. The summed E-state index contributed by atoms with van der Waals surface area (Å²) < 4.78 is 12.5. The molecule has 0 radical (unpaired) electrons. The van der Waals surface area contributed by atoms with Crippen molar-refractivity contribution in [3.05, 3.63) is 24.0 Å². The van der Waals surface area contributed by atoms with Gasteiger partial charge in [-0.05, 0) is 24.4 Å². The van der Waals surface area contributed by atoms with Crippen molar-refractivity contribution in [1.29, 1.82) is 0 Å². The number of phenols is 1. The first kappa shape index (κ1) is 8.73. The number of nitrogens with two attached hydrogens (primary N) is 1. The molecule has 3 nitrogen and oxygen atoms in total. The van der Waals surface area contributed by atoms with Gasteiger partial charge in [0.1, 0.15) is 0 Å².